The zero-order valence-electron chi connectivity index (χ0n) is 21.8. The number of aliphatic hydroxyl groups is 1. The molecule has 2 aromatic carbocycles. The third-order valence-electron chi connectivity index (χ3n) is 8.22. The maximum absolute atomic E-state index is 11.3. The maximum Gasteiger partial charge on any atom is 0.142 e. The normalized spacial score (nSPS) is 19.6. The molecule has 0 amide bonds. The number of anilines is 2. The molecular weight excluding hydrogens is 462 g/mol. The van der Waals surface area contributed by atoms with Gasteiger partial charge in [-0.2, -0.15) is 0 Å². The summed E-state index contributed by atoms with van der Waals surface area (Å²) in [5.74, 6) is 1.31. The van der Waals surface area contributed by atoms with Crippen molar-refractivity contribution >= 4 is 39.4 Å². The van der Waals surface area contributed by atoms with Crippen molar-refractivity contribution in [3.05, 3.63) is 53.2 Å². The number of fused-ring (bicyclic) bond motifs is 6. The Kier molecular flexibility index (Phi) is 5.55. The van der Waals surface area contributed by atoms with Gasteiger partial charge >= 0.3 is 0 Å². The van der Waals surface area contributed by atoms with Crippen LogP contribution in [0.15, 0.2) is 36.4 Å². The highest BCUT2D eigenvalue weighted by Gasteiger charge is 2.34. The second-order valence-corrected chi connectivity index (χ2v) is 10.9. The molecule has 0 saturated heterocycles. The van der Waals surface area contributed by atoms with Crippen molar-refractivity contribution in [1.82, 2.24) is 15.0 Å². The van der Waals surface area contributed by atoms with Crippen LogP contribution in [0.4, 0.5) is 11.4 Å². The number of nitrogens with zero attached hydrogens (tertiary/aromatic N) is 2. The summed E-state index contributed by atoms with van der Waals surface area (Å²) >= 11 is 0. The highest BCUT2D eigenvalue weighted by atomic mass is 16.5. The number of H-pyrrole nitrogens is 1. The molecule has 2 aromatic heterocycles. The Hall–Kier alpha value is -3.42. The van der Waals surface area contributed by atoms with Gasteiger partial charge in [-0.25, -0.2) is 9.97 Å². The highest BCUT2D eigenvalue weighted by molar-refractivity contribution is 6.10. The topological polar surface area (TPSA) is 123 Å². The number of pyridine rings is 1. The van der Waals surface area contributed by atoms with Crippen LogP contribution in [0.3, 0.4) is 0 Å². The molecule has 1 fully saturated rings. The van der Waals surface area contributed by atoms with Gasteiger partial charge in [-0.15, -0.1) is 0 Å². The third kappa shape index (κ3) is 3.97. The van der Waals surface area contributed by atoms with E-state index in [0.29, 0.717) is 53.6 Å². The van der Waals surface area contributed by atoms with Crippen molar-refractivity contribution < 1.29 is 9.84 Å². The standard InChI is InChI=1S/C30H35N5O2/c1-4-30(36,5-2)23-12-11-19-25(33-23)20-15-29(3,37-16-17-9-10-17)14-13-18(20)26-27(19)35-28(34-26)24-21(31)7-6-8-22(24)32/h6-8,11-14,17,36H,4-5,9-10,15-16,31-32H2,1-3H3,(H,34,35). The number of nitrogens with one attached hydrogen (secondary N) is 1. The first-order valence-corrected chi connectivity index (χ1v) is 13.3. The number of ether oxygens (including phenoxy) is 1. The minimum atomic E-state index is -0.974. The van der Waals surface area contributed by atoms with Crippen LogP contribution in [0.25, 0.3) is 39.4 Å². The summed E-state index contributed by atoms with van der Waals surface area (Å²) in [5, 5.41) is 12.3. The summed E-state index contributed by atoms with van der Waals surface area (Å²) < 4.78 is 6.43. The number of nitrogens with two attached hydrogens (primary N) is 2. The Morgan fingerprint density at radius 1 is 1.08 bits per heavy atom. The first-order chi connectivity index (χ1) is 17.7. The van der Waals surface area contributed by atoms with Crippen LogP contribution in [0.5, 0.6) is 0 Å². The van der Waals surface area contributed by atoms with Crippen molar-refractivity contribution in [2.24, 2.45) is 5.92 Å². The van der Waals surface area contributed by atoms with E-state index in [-0.39, 0.29) is 0 Å². The average Bonchev–Trinajstić information content (AvgIpc) is 3.64. The number of imidazole rings is 1. The van der Waals surface area contributed by atoms with E-state index in [4.69, 9.17) is 26.2 Å². The lowest BCUT2D eigenvalue weighted by Gasteiger charge is -2.32. The summed E-state index contributed by atoms with van der Waals surface area (Å²) in [4.78, 5) is 13.6. The van der Waals surface area contributed by atoms with Gasteiger partial charge in [0.1, 0.15) is 11.4 Å². The number of aromatic nitrogens is 3. The van der Waals surface area contributed by atoms with Gasteiger partial charge < -0.3 is 26.3 Å². The largest absolute Gasteiger partial charge is 0.398 e. The average molecular weight is 498 g/mol. The SMILES string of the molecule is CCC(O)(CC)c1ccc2c(n1)c1c(c3nc(-c4c(N)cccc4N)[nH]c32)C=CC(C)(OCC2CC2)C1. The number of aromatic amines is 1. The predicted molar refractivity (Wildman–Crippen MR) is 150 cm³/mol. The van der Waals surface area contributed by atoms with E-state index < -0.39 is 11.2 Å². The second kappa shape index (κ2) is 8.57. The van der Waals surface area contributed by atoms with Crippen molar-refractivity contribution in [3.63, 3.8) is 0 Å². The molecule has 0 radical (unpaired) electrons. The lowest BCUT2D eigenvalue weighted by Crippen LogP contribution is -2.32. The van der Waals surface area contributed by atoms with Gasteiger partial charge in [-0.05, 0) is 68.4 Å². The van der Waals surface area contributed by atoms with Crippen LogP contribution in [-0.4, -0.2) is 32.3 Å². The predicted octanol–water partition coefficient (Wildman–Crippen LogP) is 5.70. The highest BCUT2D eigenvalue weighted by Crippen LogP contribution is 2.42. The van der Waals surface area contributed by atoms with Crippen LogP contribution in [0.1, 0.15) is 63.3 Å². The van der Waals surface area contributed by atoms with Crippen LogP contribution >= 0.6 is 0 Å². The summed E-state index contributed by atoms with van der Waals surface area (Å²) in [6.07, 6.45) is 8.64. The Morgan fingerprint density at radius 2 is 1.81 bits per heavy atom. The molecule has 1 atom stereocenters. The molecule has 2 aliphatic rings. The van der Waals surface area contributed by atoms with Crippen molar-refractivity contribution in [1.29, 1.82) is 0 Å². The minimum Gasteiger partial charge on any atom is -0.398 e. The molecule has 1 saturated carbocycles. The van der Waals surface area contributed by atoms with Crippen molar-refractivity contribution in [2.45, 2.75) is 64.1 Å². The molecule has 0 aliphatic heterocycles. The first-order valence-electron chi connectivity index (χ1n) is 13.3. The number of nitrogen functional groups attached to an aromatic ring is 2. The molecule has 1 unspecified atom stereocenters. The second-order valence-electron chi connectivity index (χ2n) is 10.9. The van der Waals surface area contributed by atoms with E-state index in [0.717, 1.165) is 39.7 Å². The fourth-order valence-corrected chi connectivity index (χ4v) is 5.50. The molecule has 6 rings (SSSR count). The Bertz CT molecular complexity index is 1530. The van der Waals surface area contributed by atoms with Crippen LogP contribution in [0.2, 0.25) is 0 Å². The number of hydrogen-bond donors (Lipinski definition) is 4. The van der Waals surface area contributed by atoms with Crippen LogP contribution in [0, 0.1) is 5.92 Å². The van der Waals surface area contributed by atoms with E-state index >= 15 is 0 Å². The molecule has 7 nitrogen and oxygen atoms in total. The van der Waals surface area contributed by atoms with Gasteiger partial charge in [0.2, 0.25) is 0 Å². The number of benzene rings is 2. The molecule has 0 spiro atoms. The lowest BCUT2D eigenvalue weighted by molar-refractivity contribution is -0.000406. The van der Waals surface area contributed by atoms with Gasteiger partial charge in [0, 0.05) is 28.7 Å². The van der Waals surface area contributed by atoms with Gasteiger partial charge in [-0.1, -0.05) is 32.1 Å². The molecule has 0 bridgehead atoms. The summed E-state index contributed by atoms with van der Waals surface area (Å²) in [7, 11) is 0. The van der Waals surface area contributed by atoms with E-state index in [1.54, 1.807) is 0 Å². The molecule has 4 aromatic rings. The monoisotopic (exact) mass is 497 g/mol. The van der Waals surface area contributed by atoms with Crippen LogP contribution < -0.4 is 11.5 Å². The molecule has 6 N–H and O–H groups in total. The zero-order valence-corrected chi connectivity index (χ0v) is 21.8. The Labute approximate surface area is 216 Å². The molecular formula is C30H35N5O2. The van der Waals surface area contributed by atoms with Gasteiger partial charge in [0.05, 0.1) is 40.0 Å². The van der Waals surface area contributed by atoms with E-state index in [9.17, 15) is 5.11 Å². The quantitative estimate of drug-likeness (QED) is 0.243. The molecule has 192 valence electrons. The molecule has 7 heteroatoms. The summed E-state index contributed by atoms with van der Waals surface area (Å²) in [6.45, 7) is 6.91. The summed E-state index contributed by atoms with van der Waals surface area (Å²) in [6, 6.07) is 9.50. The molecule has 2 aliphatic carbocycles. The minimum absolute atomic E-state index is 0.423. The van der Waals surface area contributed by atoms with Crippen molar-refractivity contribution in [3.8, 4) is 11.4 Å². The van der Waals surface area contributed by atoms with Gasteiger partial charge in [0.25, 0.3) is 0 Å². The first kappa shape index (κ1) is 23.9. The molecule has 37 heavy (non-hydrogen) atoms. The summed E-state index contributed by atoms with van der Waals surface area (Å²) in [5.41, 5.74) is 18.5. The van der Waals surface area contributed by atoms with E-state index in [1.807, 2.05) is 38.1 Å². The van der Waals surface area contributed by atoms with E-state index in [1.165, 1.54) is 12.8 Å². The Balaban J connectivity index is 1.59. The van der Waals surface area contributed by atoms with Gasteiger partial charge in [-0.3, -0.25) is 0 Å². The fourth-order valence-electron chi connectivity index (χ4n) is 5.50. The zero-order chi connectivity index (χ0) is 25.9. The smallest absolute Gasteiger partial charge is 0.142 e. The van der Waals surface area contributed by atoms with Crippen LogP contribution in [-0.2, 0) is 16.8 Å². The number of hydrogen-bond acceptors (Lipinski definition) is 6. The maximum atomic E-state index is 11.3. The molecule has 2 heterocycles. The Morgan fingerprint density at radius 3 is 2.49 bits per heavy atom. The third-order valence-corrected chi connectivity index (χ3v) is 8.22. The van der Waals surface area contributed by atoms with Crippen molar-refractivity contribution in [2.75, 3.05) is 18.1 Å². The number of rotatable bonds is 7. The van der Waals surface area contributed by atoms with E-state index in [2.05, 4.69) is 30.1 Å². The fraction of sp³-hybridized carbons (Fsp3) is 0.400. The lowest BCUT2D eigenvalue weighted by atomic mass is 9.84. The van der Waals surface area contributed by atoms with Gasteiger partial charge in [0.15, 0.2) is 0 Å².